The maximum absolute atomic E-state index is 13.8. The zero-order valence-electron chi connectivity index (χ0n) is 14.5. The van der Waals surface area contributed by atoms with Crippen LogP contribution in [0.1, 0.15) is 17.0 Å². The minimum absolute atomic E-state index is 0.0968. The first kappa shape index (κ1) is 16.5. The van der Waals surface area contributed by atoms with Crippen molar-refractivity contribution in [2.45, 2.75) is 13.5 Å². The van der Waals surface area contributed by atoms with Gasteiger partial charge in [0.25, 0.3) is 0 Å². The minimum Gasteiger partial charge on any atom is -0.485 e. The van der Waals surface area contributed by atoms with Crippen molar-refractivity contribution in [3.63, 3.8) is 0 Å². The van der Waals surface area contributed by atoms with Crippen molar-refractivity contribution < 1.29 is 13.5 Å². The van der Waals surface area contributed by atoms with Crippen molar-refractivity contribution in [3.05, 3.63) is 71.2 Å². The second-order valence-corrected chi connectivity index (χ2v) is 6.11. The molecule has 1 aromatic carbocycles. The van der Waals surface area contributed by atoms with Crippen LogP contribution in [0.5, 0.6) is 5.75 Å². The van der Waals surface area contributed by atoms with Crippen LogP contribution in [0.4, 0.5) is 8.78 Å². The maximum Gasteiger partial charge on any atom is 0.180 e. The van der Waals surface area contributed by atoms with Gasteiger partial charge in [0, 0.05) is 19.8 Å². The largest absolute Gasteiger partial charge is 0.485 e. The zero-order valence-corrected chi connectivity index (χ0v) is 14.5. The molecule has 0 bridgehead atoms. The summed E-state index contributed by atoms with van der Waals surface area (Å²) in [6.07, 6.45) is 3.98. The standard InChI is InChI=1S/C19H18F2N4O/c1-12-18(16-8-9-22-24(16)2)25-10-4-7-17(19(25)23-12)26-11-13-14(20)5-3-6-15(13)21/h3-8,10,22H,9,11H2,1-2H3. The first-order valence-electron chi connectivity index (χ1n) is 8.27. The van der Waals surface area contributed by atoms with Gasteiger partial charge in [-0.2, -0.15) is 0 Å². The zero-order chi connectivity index (χ0) is 18.3. The van der Waals surface area contributed by atoms with Crippen molar-refractivity contribution in [2.24, 2.45) is 0 Å². The van der Waals surface area contributed by atoms with E-state index in [1.807, 2.05) is 35.6 Å². The number of aryl methyl sites for hydroxylation is 1. The van der Waals surface area contributed by atoms with E-state index in [0.717, 1.165) is 23.6 Å². The van der Waals surface area contributed by atoms with Gasteiger partial charge in [-0.05, 0) is 37.3 Å². The van der Waals surface area contributed by atoms with Gasteiger partial charge in [-0.15, -0.1) is 0 Å². The highest BCUT2D eigenvalue weighted by molar-refractivity contribution is 5.70. The Morgan fingerprint density at radius 3 is 2.65 bits per heavy atom. The van der Waals surface area contributed by atoms with E-state index in [9.17, 15) is 8.78 Å². The molecule has 0 aliphatic carbocycles. The fourth-order valence-electron chi connectivity index (χ4n) is 3.15. The number of pyridine rings is 1. The lowest BCUT2D eigenvalue weighted by molar-refractivity contribution is 0.294. The molecule has 1 N–H and O–H groups in total. The molecule has 26 heavy (non-hydrogen) atoms. The van der Waals surface area contributed by atoms with Gasteiger partial charge in [-0.3, -0.25) is 4.40 Å². The third kappa shape index (κ3) is 2.70. The number of nitrogens with zero attached hydrogens (tertiary/aromatic N) is 3. The quantitative estimate of drug-likeness (QED) is 0.779. The van der Waals surface area contributed by atoms with Gasteiger partial charge >= 0.3 is 0 Å². The number of imidazole rings is 1. The Bertz CT molecular complexity index is 992. The van der Waals surface area contributed by atoms with Crippen molar-refractivity contribution in [1.82, 2.24) is 19.8 Å². The molecule has 2 aromatic heterocycles. The first-order chi connectivity index (χ1) is 12.6. The molecule has 0 unspecified atom stereocenters. The van der Waals surface area contributed by atoms with Gasteiger partial charge < -0.3 is 9.75 Å². The van der Waals surface area contributed by atoms with Crippen molar-refractivity contribution >= 4 is 11.3 Å². The van der Waals surface area contributed by atoms with Crippen LogP contribution in [0.2, 0.25) is 0 Å². The number of aromatic nitrogens is 2. The van der Waals surface area contributed by atoms with E-state index in [-0.39, 0.29) is 12.2 Å². The Morgan fingerprint density at radius 2 is 1.96 bits per heavy atom. The number of hydrogen-bond donors (Lipinski definition) is 1. The summed E-state index contributed by atoms with van der Waals surface area (Å²) < 4.78 is 35.3. The van der Waals surface area contributed by atoms with Crippen LogP contribution in [0, 0.1) is 18.6 Å². The van der Waals surface area contributed by atoms with Crippen molar-refractivity contribution in [2.75, 3.05) is 13.6 Å². The fourth-order valence-corrected chi connectivity index (χ4v) is 3.15. The Hall–Kier alpha value is -2.93. The average Bonchev–Trinajstić information content (AvgIpc) is 3.16. The normalized spacial score (nSPS) is 14.2. The summed E-state index contributed by atoms with van der Waals surface area (Å²) in [6, 6.07) is 7.34. The van der Waals surface area contributed by atoms with Crippen LogP contribution in [-0.2, 0) is 6.61 Å². The lowest BCUT2D eigenvalue weighted by Crippen LogP contribution is -2.27. The first-order valence-corrected chi connectivity index (χ1v) is 8.27. The second-order valence-electron chi connectivity index (χ2n) is 6.11. The summed E-state index contributed by atoms with van der Waals surface area (Å²) in [5, 5.41) is 1.94. The summed E-state index contributed by atoms with van der Waals surface area (Å²) in [6.45, 7) is 2.47. The molecule has 5 nitrogen and oxygen atoms in total. The van der Waals surface area contributed by atoms with E-state index >= 15 is 0 Å². The Morgan fingerprint density at radius 1 is 1.19 bits per heavy atom. The lowest BCUT2D eigenvalue weighted by Gasteiger charge is -2.17. The minimum atomic E-state index is -0.624. The van der Waals surface area contributed by atoms with Crippen LogP contribution in [0.3, 0.4) is 0 Å². The van der Waals surface area contributed by atoms with E-state index in [2.05, 4.69) is 16.5 Å². The Labute approximate surface area is 149 Å². The highest BCUT2D eigenvalue weighted by Gasteiger charge is 2.21. The van der Waals surface area contributed by atoms with Crippen LogP contribution >= 0.6 is 0 Å². The summed E-state index contributed by atoms with van der Waals surface area (Å²) in [7, 11) is 1.94. The second kappa shape index (κ2) is 6.42. The molecule has 0 fully saturated rings. The Kier molecular flexibility index (Phi) is 4.08. The molecule has 0 amide bonds. The van der Waals surface area contributed by atoms with Gasteiger partial charge in [-0.1, -0.05) is 6.07 Å². The smallest absolute Gasteiger partial charge is 0.180 e. The third-order valence-corrected chi connectivity index (χ3v) is 4.45. The van der Waals surface area contributed by atoms with Gasteiger partial charge in [0.15, 0.2) is 11.4 Å². The summed E-state index contributed by atoms with van der Waals surface area (Å²) in [4.78, 5) is 4.60. The number of halogens is 2. The van der Waals surface area contributed by atoms with E-state index in [0.29, 0.717) is 11.4 Å². The number of rotatable bonds is 4. The molecule has 0 saturated carbocycles. The predicted molar refractivity (Wildman–Crippen MR) is 94.4 cm³/mol. The highest BCUT2D eigenvalue weighted by atomic mass is 19.1. The molecule has 0 saturated heterocycles. The van der Waals surface area contributed by atoms with Gasteiger partial charge in [0.2, 0.25) is 0 Å². The number of hydrazine groups is 1. The Balaban J connectivity index is 1.71. The molecule has 3 aromatic rings. The topological polar surface area (TPSA) is 41.8 Å². The number of nitrogens with one attached hydrogen (secondary N) is 1. The van der Waals surface area contributed by atoms with Crippen LogP contribution in [0.25, 0.3) is 11.3 Å². The van der Waals surface area contributed by atoms with Crippen molar-refractivity contribution in [3.8, 4) is 5.75 Å². The number of fused-ring (bicyclic) bond motifs is 1. The van der Waals surface area contributed by atoms with Crippen LogP contribution in [-0.4, -0.2) is 28.0 Å². The molecule has 7 heteroatoms. The summed E-state index contributed by atoms with van der Waals surface area (Å²) in [5.74, 6) is -0.777. The van der Waals surface area contributed by atoms with Gasteiger partial charge in [0.05, 0.1) is 22.6 Å². The fraction of sp³-hybridized carbons (Fsp3) is 0.211. The van der Waals surface area contributed by atoms with Gasteiger partial charge in [0.1, 0.15) is 18.2 Å². The molecule has 134 valence electrons. The molecular formula is C19H18F2N4O. The number of ether oxygens (including phenoxy) is 1. The SMILES string of the molecule is Cc1nc2c(OCc3c(F)cccc3F)cccn2c1C1=CCNN1C. The molecular weight excluding hydrogens is 338 g/mol. The highest BCUT2D eigenvalue weighted by Crippen LogP contribution is 2.29. The van der Waals surface area contributed by atoms with Crippen molar-refractivity contribution in [1.29, 1.82) is 0 Å². The monoisotopic (exact) mass is 356 g/mol. The van der Waals surface area contributed by atoms with E-state index < -0.39 is 11.6 Å². The predicted octanol–water partition coefficient (Wildman–Crippen LogP) is 3.29. The van der Waals surface area contributed by atoms with E-state index in [4.69, 9.17) is 4.74 Å². The number of hydrogen-bond acceptors (Lipinski definition) is 4. The molecule has 4 rings (SSSR count). The molecule has 3 heterocycles. The van der Waals surface area contributed by atoms with E-state index in [1.165, 1.54) is 18.2 Å². The molecule has 0 radical (unpaired) electrons. The van der Waals surface area contributed by atoms with E-state index in [1.54, 1.807) is 6.07 Å². The molecule has 0 spiro atoms. The van der Waals surface area contributed by atoms with Gasteiger partial charge in [-0.25, -0.2) is 19.2 Å². The lowest BCUT2D eigenvalue weighted by atomic mass is 10.2. The maximum atomic E-state index is 13.8. The molecule has 0 atom stereocenters. The third-order valence-electron chi connectivity index (χ3n) is 4.45. The number of benzene rings is 1. The van der Waals surface area contributed by atoms with Crippen LogP contribution in [0.15, 0.2) is 42.6 Å². The average molecular weight is 356 g/mol. The summed E-state index contributed by atoms with van der Waals surface area (Å²) in [5.41, 5.74) is 6.54. The molecule has 1 aliphatic heterocycles. The summed E-state index contributed by atoms with van der Waals surface area (Å²) >= 11 is 0. The molecule has 1 aliphatic rings. The van der Waals surface area contributed by atoms with Crippen LogP contribution < -0.4 is 10.2 Å².